The minimum absolute atomic E-state index is 0.174. The molecule has 2 heterocycles. The highest BCUT2D eigenvalue weighted by Gasteiger charge is 2.35. The van der Waals surface area contributed by atoms with Crippen molar-refractivity contribution < 1.29 is 13.2 Å². The number of nitrogens with zero attached hydrogens (tertiary/aromatic N) is 6. The SMILES string of the molecule is [N-]=[N+]=NCCc1cn2nc(C(F)(F)F)sc2n1. The molecule has 2 aromatic heterocycles. The van der Waals surface area contributed by atoms with E-state index in [1.165, 1.54) is 6.20 Å². The van der Waals surface area contributed by atoms with Crippen molar-refractivity contribution >= 4 is 16.3 Å². The number of halogens is 3. The average Bonchev–Trinajstić information content (AvgIpc) is 2.74. The number of alkyl halides is 3. The van der Waals surface area contributed by atoms with Crippen molar-refractivity contribution in [3.8, 4) is 0 Å². The predicted molar refractivity (Wildman–Crippen MR) is 53.6 cm³/mol. The van der Waals surface area contributed by atoms with Crippen molar-refractivity contribution in [2.75, 3.05) is 6.54 Å². The summed E-state index contributed by atoms with van der Waals surface area (Å²) in [6, 6.07) is 0. The number of azide groups is 1. The number of hydrogen-bond donors (Lipinski definition) is 0. The smallest absolute Gasteiger partial charge is 0.223 e. The Kier molecular flexibility index (Phi) is 2.90. The lowest BCUT2D eigenvalue weighted by atomic mass is 10.3. The Morgan fingerprint density at radius 3 is 2.88 bits per heavy atom. The van der Waals surface area contributed by atoms with Crippen LogP contribution in [0.3, 0.4) is 0 Å². The molecule has 0 saturated heterocycles. The largest absolute Gasteiger partial charge is 0.445 e. The maximum absolute atomic E-state index is 12.3. The van der Waals surface area contributed by atoms with E-state index in [0.717, 1.165) is 4.52 Å². The summed E-state index contributed by atoms with van der Waals surface area (Å²) in [4.78, 5) is 6.70. The number of aromatic nitrogens is 3. The molecule has 17 heavy (non-hydrogen) atoms. The molecule has 0 fully saturated rings. The van der Waals surface area contributed by atoms with Gasteiger partial charge in [-0.15, -0.1) is 5.10 Å². The van der Waals surface area contributed by atoms with Gasteiger partial charge in [0.25, 0.3) is 0 Å². The van der Waals surface area contributed by atoms with Gasteiger partial charge in [-0.05, 0) is 12.0 Å². The van der Waals surface area contributed by atoms with E-state index >= 15 is 0 Å². The van der Waals surface area contributed by atoms with E-state index < -0.39 is 11.2 Å². The van der Waals surface area contributed by atoms with E-state index in [4.69, 9.17) is 5.53 Å². The zero-order chi connectivity index (χ0) is 12.5. The second-order valence-corrected chi connectivity index (χ2v) is 4.02. The molecule has 0 spiro atoms. The van der Waals surface area contributed by atoms with Gasteiger partial charge in [-0.3, -0.25) is 0 Å². The lowest BCUT2D eigenvalue weighted by molar-refractivity contribution is -0.138. The molecule has 0 atom stereocenters. The van der Waals surface area contributed by atoms with Crippen LogP contribution < -0.4 is 0 Å². The minimum atomic E-state index is -4.45. The summed E-state index contributed by atoms with van der Waals surface area (Å²) in [6.07, 6.45) is -2.67. The van der Waals surface area contributed by atoms with Crippen LogP contribution in [0.25, 0.3) is 15.4 Å². The van der Waals surface area contributed by atoms with Crippen LogP contribution in [0.5, 0.6) is 0 Å². The molecule has 0 unspecified atom stereocenters. The average molecular weight is 262 g/mol. The minimum Gasteiger partial charge on any atom is -0.223 e. The van der Waals surface area contributed by atoms with Gasteiger partial charge in [-0.2, -0.15) is 13.2 Å². The Balaban J connectivity index is 2.22. The molecule has 0 amide bonds. The first-order valence-electron chi connectivity index (χ1n) is 4.44. The molecule has 0 saturated carbocycles. The fourth-order valence-corrected chi connectivity index (χ4v) is 1.96. The van der Waals surface area contributed by atoms with E-state index in [1.54, 1.807) is 0 Å². The van der Waals surface area contributed by atoms with Gasteiger partial charge < -0.3 is 0 Å². The summed E-state index contributed by atoms with van der Waals surface area (Å²) in [6.45, 7) is 0.216. The van der Waals surface area contributed by atoms with Gasteiger partial charge in [0.05, 0.1) is 11.9 Å². The van der Waals surface area contributed by atoms with Crippen molar-refractivity contribution in [2.24, 2.45) is 5.11 Å². The third-order valence-electron chi connectivity index (χ3n) is 1.87. The highest BCUT2D eigenvalue weighted by atomic mass is 32.1. The van der Waals surface area contributed by atoms with Gasteiger partial charge in [-0.25, -0.2) is 9.50 Å². The van der Waals surface area contributed by atoms with E-state index in [9.17, 15) is 13.2 Å². The molecule has 10 heteroatoms. The predicted octanol–water partition coefficient (Wildman–Crippen LogP) is 2.66. The van der Waals surface area contributed by atoms with Crippen molar-refractivity contribution in [3.63, 3.8) is 0 Å². The Labute approximate surface area is 96.3 Å². The Morgan fingerprint density at radius 1 is 1.53 bits per heavy atom. The summed E-state index contributed by atoms with van der Waals surface area (Å²) < 4.78 is 38.0. The van der Waals surface area contributed by atoms with Crippen LogP contribution in [0.2, 0.25) is 0 Å². The van der Waals surface area contributed by atoms with Gasteiger partial charge in [0.2, 0.25) is 9.97 Å². The van der Waals surface area contributed by atoms with Crippen LogP contribution in [-0.2, 0) is 12.6 Å². The summed E-state index contributed by atoms with van der Waals surface area (Å²) >= 11 is 0.477. The first kappa shape index (κ1) is 11.7. The Bertz CT molecular complexity index is 546. The second-order valence-electron chi connectivity index (χ2n) is 3.07. The van der Waals surface area contributed by atoms with E-state index in [-0.39, 0.29) is 11.5 Å². The summed E-state index contributed by atoms with van der Waals surface area (Å²) in [5, 5.41) is 5.76. The Morgan fingerprint density at radius 2 is 2.29 bits per heavy atom. The molecule has 90 valence electrons. The molecule has 0 aliphatic heterocycles. The van der Waals surface area contributed by atoms with Crippen LogP contribution in [-0.4, -0.2) is 21.1 Å². The first-order chi connectivity index (χ1) is 8.00. The first-order valence-corrected chi connectivity index (χ1v) is 5.25. The highest BCUT2D eigenvalue weighted by Crippen LogP contribution is 2.32. The lowest BCUT2D eigenvalue weighted by Crippen LogP contribution is -2.04. The van der Waals surface area contributed by atoms with Crippen molar-refractivity contribution in [1.29, 1.82) is 0 Å². The standard InChI is InChI=1S/C7H5F3N6S/c8-7(9,10)5-14-16-3-4(1-2-12-15-11)13-6(16)17-5/h3H,1-2H2. The molecule has 2 rings (SSSR count). The maximum atomic E-state index is 12.3. The maximum Gasteiger partial charge on any atom is 0.445 e. The summed E-state index contributed by atoms with van der Waals surface area (Å²) in [5.74, 6) is 0. The summed E-state index contributed by atoms with van der Waals surface area (Å²) in [7, 11) is 0. The zero-order valence-corrected chi connectivity index (χ0v) is 9.03. The van der Waals surface area contributed by atoms with E-state index in [2.05, 4.69) is 20.1 Å². The number of imidazole rings is 1. The molecule has 0 aliphatic rings. The second kappa shape index (κ2) is 4.22. The van der Waals surface area contributed by atoms with Gasteiger partial charge in [-0.1, -0.05) is 16.5 Å². The van der Waals surface area contributed by atoms with Crippen molar-refractivity contribution in [2.45, 2.75) is 12.6 Å². The molecule has 0 aliphatic carbocycles. The Hall–Kier alpha value is -1.80. The molecule has 0 bridgehead atoms. The molecule has 6 nitrogen and oxygen atoms in total. The van der Waals surface area contributed by atoms with Crippen LogP contribution in [0.15, 0.2) is 11.3 Å². The fraction of sp³-hybridized carbons (Fsp3) is 0.429. The van der Waals surface area contributed by atoms with E-state index in [0.29, 0.717) is 23.5 Å². The summed E-state index contributed by atoms with van der Waals surface area (Å²) in [5.41, 5.74) is 8.61. The normalized spacial score (nSPS) is 11.7. The topological polar surface area (TPSA) is 79.0 Å². The quantitative estimate of drug-likeness (QED) is 0.484. The molecular weight excluding hydrogens is 257 g/mol. The van der Waals surface area contributed by atoms with Gasteiger partial charge in [0.15, 0.2) is 0 Å². The van der Waals surface area contributed by atoms with Crippen LogP contribution in [0.4, 0.5) is 13.2 Å². The van der Waals surface area contributed by atoms with Crippen LogP contribution >= 0.6 is 11.3 Å². The number of hydrogen-bond acceptors (Lipinski definition) is 4. The van der Waals surface area contributed by atoms with Crippen molar-refractivity contribution in [1.82, 2.24) is 14.6 Å². The van der Waals surface area contributed by atoms with Gasteiger partial charge in [0.1, 0.15) is 0 Å². The van der Waals surface area contributed by atoms with Crippen molar-refractivity contribution in [3.05, 3.63) is 27.3 Å². The molecule has 2 aromatic rings. The fourth-order valence-electron chi connectivity index (χ4n) is 1.19. The molecule has 0 N–H and O–H groups in total. The van der Waals surface area contributed by atoms with Gasteiger partial charge >= 0.3 is 6.18 Å². The lowest BCUT2D eigenvalue weighted by Gasteiger charge is -1.97. The zero-order valence-electron chi connectivity index (χ0n) is 8.22. The third kappa shape index (κ3) is 2.48. The third-order valence-corrected chi connectivity index (χ3v) is 2.83. The highest BCUT2D eigenvalue weighted by molar-refractivity contribution is 7.16. The van der Waals surface area contributed by atoms with Crippen LogP contribution in [0, 0.1) is 0 Å². The molecule has 0 radical (unpaired) electrons. The number of fused-ring (bicyclic) bond motifs is 1. The monoisotopic (exact) mass is 262 g/mol. The van der Waals surface area contributed by atoms with Crippen LogP contribution in [0.1, 0.15) is 10.7 Å². The molecular formula is C7H5F3N6S. The number of rotatable bonds is 3. The molecule has 0 aromatic carbocycles. The van der Waals surface area contributed by atoms with E-state index in [1.807, 2.05) is 0 Å². The van der Waals surface area contributed by atoms with Gasteiger partial charge in [0, 0.05) is 11.5 Å².